The number of carboxylic acid groups (broad SMARTS) is 1. The zero-order valence-corrected chi connectivity index (χ0v) is 11.7. The summed E-state index contributed by atoms with van der Waals surface area (Å²) in [5.41, 5.74) is 0.340. The van der Waals surface area contributed by atoms with Crippen LogP contribution < -0.4 is 5.32 Å². The number of benzene rings is 1. The number of carboxylic acids is 1. The highest BCUT2D eigenvalue weighted by molar-refractivity contribution is 9.10. The molecule has 0 bridgehead atoms. The van der Waals surface area contributed by atoms with Gasteiger partial charge in [0.2, 0.25) is 0 Å². The van der Waals surface area contributed by atoms with E-state index in [-0.39, 0.29) is 21.5 Å². The molecule has 0 atom stereocenters. The highest BCUT2D eigenvalue weighted by Gasteiger charge is 2.17. The number of hydrogen-bond acceptors (Lipinski definition) is 3. The van der Waals surface area contributed by atoms with E-state index in [1.54, 1.807) is 0 Å². The molecule has 98 valence electrons. The maximum atomic E-state index is 11.9. The number of nitrogens with one attached hydrogen (secondary N) is 1. The van der Waals surface area contributed by atoms with Crippen molar-refractivity contribution in [3.8, 4) is 0 Å². The summed E-state index contributed by atoms with van der Waals surface area (Å²) in [6.45, 7) is 0. The van der Waals surface area contributed by atoms with Crippen molar-refractivity contribution in [3.05, 3.63) is 51.3 Å². The van der Waals surface area contributed by atoms with E-state index in [0.29, 0.717) is 5.02 Å². The Hall–Kier alpha value is -1.79. The van der Waals surface area contributed by atoms with Gasteiger partial charge < -0.3 is 14.8 Å². The Labute approximate surface area is 121 Å². The minimum Gasteiger partial charge on any atom is -0.478 e. The quantitative estimate of drug-likeness (QED) is 0.891. The largest absolute Gasteiger partial charge is 0.478 e. The Balaban J connectivity index is 2.33. The van der Waals surface area contributed by atoms with Crippen LogP contribution in [-0.4, -0.2) is 17.0 Å². The molecule has 0 aliphatic heterocycles. The Morgan fingerprint density at radius 2 is 2.00 bits per heavy atom. The normalized spacial score (nSPS) is 10.2. The highest BCUT2D eigenvalue weighted by Crippen LogP contribution is 2.24. The maximum Gasteiger partial charge on any atom is 0.337 e. The van der Waals surface area contributed by atoms with Crippen LogP contribution in [0.25, 0.3) is 0 Å². The lowest BCUT2D eigenvalue weighted by molar-refractivity contribution is 0.0698. The second kappa shape index (κ2) is 5.46. The number of aromatic carboxylic acids is 1. The lowest BCUT2D eigenvalue weighted by atomic mass is 10.1. The van der Waals surface area contributed by atoms with Crippen molar-refractivity contribution in [1.29, 1.82) is 0 Å². The van der Waals surface area contributed by atoms with Crippen LogP contribution in [0.2, 0.25) is 5.02 Å². The minimum atomic E-state index is -1.15. The number of amides is 1. The Morgan fingerprint density at radius 1 is 1.26 bits per heavy atom. The van der Waals surface area contributed by atoms with Gasteiger partial charge in [-0.15, -0.1) is 0 Å². The monoisotopic (exact) mass is 343 g/mol. The SMILES string of the molecule is O=C(O)c1ccc(Cl)cc1NC(=O)c1ccoc1Br. The van der Waals surface area contributed by atoms with Crippen LogP contribution >= 0.6 is 27.5 Å². The van der Waals surface area contributed by atoms with E-state index in [0.717, 1.165) is 0 Å². The molecule has 0 aliphatic carbocycles. The molecule has 2 aromatic rings. The first-order chi connectivity index (χ1) is 8.99. The van der Waals surface area contributed by atoms with Gasteiger partial charge in [0.1, 0.15) is 0 Å². The number of carbonyl (C=O) groups excluding carboxylic acids is 1. The van der Waals surface area contributed by atoms with Crippen molar-refractivity contribution in [3.63, 3.8) is 0 Å². The first-order valence-corrected chi connectivity index (χ1v) is 6.23. The molecule has 1 aromatic carbocycles. The van der Waals surface area contributed by atoms with Gasteiger partial charge in [0.25, 0.3) is 5.91 Å². The summed E-state index contributed by atoms with van der Waals surface area (Å²) in [4.78, 5) is 23.0. The molecule has 0 unspecified atom stereocenters. The summed E-state index contributed by atoms with van der Waals surface area (Å²) in [7, 11) is 0. The highest BCUT2D eigenvalue weighted by atomic mass is 79.9. The van der Waals surface area contributed by atoms with E-state index < -0.39 is 11.9 Å². The molecule has 0 aliphatic rings. The maximum absolute atomic E-state index is 11.9. The lowest BCUT2D eigenvalue weighted by Gasteiger charge is -2.08. The van der Waals surface area contributed by atoms with Crippen molar-refractivity contribution in [2.75, 3.05) is 5.32 Å². The number of rotatable bonds is 3. The third-order valence-corrected chi connectivity index (χ3v) is 3.17. The average molecular weight is 345 g/mol. The van der Waals surface area contributed by atoms with Crippen LogP contribution in [0.4, 0.5) is 5.69 Å². The zero-order valence-electron chi connectivity index (χ0n) is 9.31. The summed E-state index contributed by atoms with van der Waals surface area (Å²) in [5, 5.41) is 11.8. The molecule has 0 radical (unpaired) electrons. The van der Waals surface area contributed by atoms with E-state index in [4.69, 9.17) is 21.1 Å². The van der Waals surface area contributed by atoms with Crippen molar-refractivity contribution in [2.24, 2.45) is 0 Å². The van der Waals surface area contributed by atoms with Gasteiger partial charge in [-0.1, -0.05) is 11.6 Å². The van der Waals surface area contributed by atoms with Gasteiger partial charge >= 0.3 is 5.97 Å². The molecule has 2 rings (SSSR count). The van der Waals surface area contributed by atoms with E-state index in [1.165, 1.54) is 30.5 Å². The number of anilines is 1. The predicted molar refractivity (Wildman–Crippen MR) is 72.8 cm³/mol. The molecule has 0 saturated carbocycles. The smallest absolute Gasteiger partial charge is 0.337 e. The fraction of sp³-hybridized carbons (Fsp3) is 0. The molecule has 2 N–H and O–H groups in total. The van der Waals surface area contributed by atoms with Crippen LogP contribution in [-0.2, 0) is 0 Å². The summed E-state index contributed by atoms with van der Waals surface area (Å²) in [6, 6.07) is 5.60. The zero-order chi connectivity index (χ0) is 14.0. The molecule has 0 fully saturated rings. The fourth-order valence-electron chi connectivity index (χ4n) is 1.45. The molecule has 0 saturated heterocycles. The Kier molecular flexibility index (Phi) is 3.92. The minimum absolute atomic E-state index is 0.0441. The van der Waals surface area contributed by atoms with E-state index >= 15 is 0 Å². The van der Waals surface area contributed by atoms with E-state index in [9.17, 15) is 9.59 Å². The number of furan rings is 1. The molecule has 1 amide bonds. The molecule has 1 heterocycles. The lowest BCUT2D eigenvalue weighted by Crippen LogP contribution is -2.14. The van der Waals surface area contributed by atoms with Gasteiger partial charge in [0.05, 0.1) is 23.1 Å². The summed E-state index contributed by atoms with van der Waals surface area (Å²) < 4.78 is 5.21. The van der Waals surface area contributed by atoms with Gasteiger partial charge in [-0.05, 0) is 40.2 Å². The van der Waals surface area contributed by atoms with E-state index in [1.807, 2.05) is 0 Å². The second-order valence-electron chi connectivity index (χ2n) is 3.56. The standard InChI is InChI=1S/C12H7BrClNO4/c13-10-8(3-4-19-10)11(16)15-9-5-6(14)1-2-7(9)12(17)18/h1-5H,(H,15,16)(H,17,18). The second-order valence-corrected chi connectivity index (χ2v) is 4.71. The predicted octanol–water partition coefficient (Wildman–Crippen LogP) is 3.65. The molecular formula is C12H7BrClNO4. The van der Waals surface area contributed by atoms with Crippen LogP contribution in [0.1, 0.15) is 20.7 Å². The first-order valence-electron chi connectivity index (χ1n) is 5.06. The first kappa shape index (κ1) is 13.6. The van der Waals surface area contributed by atoms with Crippen LogP contribution in [0.15, 0.2) is 39.6 Å². The molecular weight excluding hydrogens is 337 g/mol. The third kappa shape index (κ3) is 2.97. The van der Waals surface area contributed by atoms with Gasteiger partial charge in [-0.2, -0.15) is 0 Å². The third-order valence-electron chi connectivity index (χ3n) is 2.32. The molecule has 7 heteroatoms. The number of halogens is 2. The Morgan fingerprint density at radius 3 is 2.58 bits per heavy atom. The number of carbonyl (C=O) groups is 2. The summed E-state index contributed by atoms with van der Waals surface area (Å²) >= 11 is 8.86. The fourth-order valence-corrected chi connectivity index (χ4v) is 2.04. The molecule has 1 aromatic heterocycles. The van der Waals surface area contributed by atoms with Crippen molar-refractivity contribution < 1.29 is 19.1 Å². The molecule has 5 nitrogen and oxygen atoms in total. The summed E-state index contributed by atoms with van der Waals surface area (Å²) in [5.74, 6) is -1.65. The molecule has 0 spiro atoms. The average Bonchev–Trinajstić information content (AvgIpc) is 2.75. The van der Waals surface area contributed by atoms with Gasteiger partial charge in [-0.3, -0.25) is 4.79 Å². The van der Waals surface area contributed by atoms with Gasteiger partial charge in [-0.25, -0.2) is 4.79 Å². The van der Waals surface area contributed by atoms with Crippen molar-refractivity contribution >= 4 is 45.1 Å². The van der Waals surface area contributed by atoms with Gasteiger partial charge in [0, 0.05) is 5.02 Å². The Bertz CT molecular complexity index is 653. The summed E-state index contributed by atoms with van der Waals surface area (Å²) in [6.07, 6.45) is 1.34. The molecule has 19 heavy (non-hydrogen) atoms. The topological polar surface area (TPSA) is 79.5 Å². The van der Waals surface area contributed by atoms with E-state index in [2.05, 4.69) is 21.2 Å². The van der Waals surface area contributed by atoms with Gasteiger partial charge in [0.15, 0.2) is 4.67 Å². The van der Waals surface area contributed by atoms with Crippen LogP contribution in [0, 0.1) is 0 Å². The number of hydrogen-bond donors (Lipinski definition) is 2. The van der Waals surface area contributed by atoms with Crippen LogP contribution in [0.3, 0.4) is 0 Å². The van der Waals surface area contributed by atoms with Crippen molar-refractivity contribution in [2.45, 2.75) is 0 Å². The van der Waals surface area contributed by atoms with Crippen molar-refractivity contribution in [1.82, 2.24) is 0 Å². The van der Waals surface area contributed by atoms with Crippen LogP contribution in [0.5, 0.6) is 0 Å².